The van der Waals surface area contributed by atoms with Crippen LogP contribution >= 0.6 is 0 Å². The molecule has 0 saturated carbocycles. The number of hydrogen-bond acceptors (Lipinski definition) is 6. The molecule has 0 radical (unpaired) electrons. The average molecular weight is 486 g/mol. The zero-order chi connectivity index (χ0) is 27.7. The Kier molecular flexibility index (Phi) is 5.44. The van der Waals surface area contributed by atoms with E-state index >= 15 is 0 Å². The number of carbonyl (C=O) groups excluding carboxylic acids is 1. The quantitative estimate of drug-likeness (QED) is 0.333. The summed E-state index contributed by atoms with van der Waals surface area (Å²) >= 11 is 0. The molecule has 0 aliphatic carbocycles. The van der Waals surface area contributed by atoms with E-state index in [-0.39, 0.29) is 5.91 Å². The molecule has 0 atom stereocenters. The van der Waals surface area contributed by atoms with E-state index in [1.807, 2.05) is 49.1 Å². The fourth-order valence-corrected chi connectivity index (χ4v) is 4.19. The first-order valence-electron chi connectivity index (χ1n) is 13.3. The molecule has 36 heavy (non-hydrogen) atoms. The van der Waals surface area contributed by atoms with Gasteiger partial charge in [-0.2, -0.15) is 5.10 Å². The van der Waals surface area contributed by atoms with Gasteiger partial charge in [0.05, 0.1) is 29.6 Å². The lowest BCUT2D eigenvalue weighted by Crippen LogP contribution is -2.19. The predicted octanol–water partition coefficient (Wildman–Crippen LogP) is 4.64. The van der Waals surface area contributed by atoms with Crippen molar-refractivity contribution in [3.8, 4) is 11.3 Å². The van der Waals surface area contributed by atoms with Gasteiger partial charge in [0, 0.05) is 64.0 Å². The van der Waals surface area contributed by atoms with Crippen LogP contribution in [-0.2, 0) is 18.3 Å². The summed E-state index contributed by atoms with van der Waals surface area (Å²) in [5.41, 5.74) is 4.06. The highest BCUT2D eigenvalue weighted by Crippen LogP contribution is 2.32. The summed E-state index contributed by atoms with van der Waals surface area (Å²) in [6, 6.07) is 12.9. The smallest absolute Gasteiger partial charge is 0.227 e. The number of nitrogens with zero attached hydrogens (tertiary/aromatic N) is 6. The summed E-state index contributed by atoms with van der Waals surface area (Å²) in [6.45, 7) is 0.961. The van der Waals surface area contributed by atoms with Gasteiger partial charge in [0.2, 0.25) is 11.9 Å². The van der Waals surface area contributed by atoms with E-state index in [0.29, 0.717) is 47.1 Å². The molecule has 5 rings (SSSR count). The summed E-state index contributed by atoms with van der Waals surface area (Å²) in [5.74, 6) is 0.239. The van der Waals surface area contributed by atoms with Gasteiger partial charge in [-0.15, -0.1) is 0 Å². The van der Waals surface area contributed by atoms with Gasteiger partial charge in [0.1, 0.15) is 0 Å². The largest absolute Gasteiger partial charge is 0.350 e. The van der Waals surface area contributed by atoms with E-state index in [9.17, 15) is 4.79 Å². The lowest BCUT2D eigenvalue weighted by Gasteiger charge is -2.14. The number of benzene rings is 2. The molecule has 2 N–H and O–H groups in total. The lowest BCUT2D eigenvalue weighted by atomic mass is 10.1. The Morgan fingerprint density at radius 2 is 2.06 bits per heavy atom. The number of rotatable bonds is 8. The van der Waals surface area contributed by atoms with Gasteiger partial charge >= 0.3 is 0 Å². The molecule has 0 spiro atoms. The molecule has 2 aromatic carbocycles. The molecule has 3 aromatic heterocycles. The Bertz CT molecular complexity index is 1650. The highest BCUT2D eigenvalue weighted by Gasteiger charge is 2.15. The van der Waals surface area contributed by atoms with Crippen molar-refractivity contribution in [2.45, 2.75) is 19.9 Å². The number of aryl methyl sites for hydroxylation is 1. The zero-order valence-corrected chi connectivity index (χ0v) is 20.5. The number of fused-ring (bicyclic) bond motifs is 2. The van der Waals surface area contributed by atoms with E-state index in [1.54, 1.807) is 37.6 Å². The van der Waals surface area contributed by atoms with Crippen LogP contribution in [0.15, 0.2) is 61.1 Å². The maximum atomic E-state index is 12.3. The second-order valence-corrected chi connectivity index (χ2v) is 8.85. The molecule has 184 valence electrons. The van der Waals surface area contributed by atoms with Crippen molar-refractivity contribution in [2.75, 3.05) is 31.3 Å². The van der Waals surface area contributed by atoms with E-state index in [1.165, 1.54) is 4.57 Å². The van der Waals surface area contributed by atoms with Gasteiger partial charge in [-0.3, -0.25) is 9.48 Å². The van der Waals surface area contributed by atoms with Gasteiger partial charge in [-0.25, -0.2) is 9.97 Å². The Morgan fingerprint density at radius 1 is 1.19 bits per heavy atom. The van der Waals surface area contributed by atoms with E-state index in [2.05, 4.69) is 25.6 Å². The number of nitrogens with one attached hydrogen (secondary N) is 2. The molecule has 0 saturated heterocycles. The van der Waals surface area contributed by atoms with E-state index in [0.717, 1.165) is 22.8 Å². The Labute approximate surface area is 214 Å². The topological polar surface area (TPSA) is 92.9 Å². The highest BCUT2D eigenvalue weighted by atomic mass is 16.1. The van der Waals surface area contributed by atoms with Crippen molar-refractivity contribution in [2.24, 2.45) is 6.98 Å². The molecule has 3 heterocycles. The number of carbonyl (C=O) groups is 1. The Morgan fingerprint density at radius 3 is 2.86 bits per heavy atom. The summed E-state index contributed by atoms with van der Waals surface area (Å²) in [6.07, 6.45) is 5.36. The fourth-order valence-electron chi connectivity index (χ4n) is 4.19. The third kappa shape index (κ3) is 4.65. The summed E-state index contributed by atoms with van der Waals surface area (Å²) in [5, 5.41) is 12.4. The fraction of sp³-hybridized carbons (Fsp3) is 0.259. The first-order valence-corrected chi connectivity index (χ1v) is 11.8. The van der Waals surface area contributed by atoms with Crippen molar-refractivity contribution >= 4 is 45.0 Å². The number of amides is 1. The monoisotopic (exact) mass is 485 g/mol. The van der Waals surface area contributed by atoms with Gasteiger partial charge in [0.15, 0.2) is 0 Å². The Balaban J connectivity index is 1.52. The zero-order valence-electron chi connectivity index (χ0n) is 23.5. The average Bonchev–Trinajstić information content (AvgIpc) is 3.49. The van der Waals surface area contributed by atoms with Crippen LogP contribution in [0.4, 0.5) is 17.3 Å². The van der Waals surface area contributed by atoms with Crippen LogP contribution < -0.4 is 10.6 Å². The van der Waals surface area contributed by atoms with Gasteiger partial charge in [0.25, 0.3) is 0 Å². The standard InChI is InChI=1S/C27H30N8O/c1-5-25(36)31-23-15-19(14-18-16-29-35(26(18)23)13-12-33(2)3)30-27-28-11-10-22(32-27)21-17-34(4)24-9-7-6-8-20(21)24/h6-11,14-17H,5,12-13H2,1-4H3,(H,31,36)(H,28,30,32)/i4D3. The minimum Gasteiger partial charge on any atom is -0.350 e. The van der Waals surface area contributed by atoms with Crippen LogP contribution in [-0.4, -0.2) is 55.8 Å². The van der Waals surface area contributed by atoms with Crippen molar-refractivity contribution in [3.05, 3.63) is 61.1 Å². The van der Waals surface area contributed by atoms with Crippen molar-refractivity contribution in [1.82, 2.24) is 29.2 Å². The number of likely N-dealkylation sites (N-methyl/N-ethyl adjacent to an activating group) is 1. The predicted molar refractivity (Wildman–Crippen MR) is 144 cm³/mol. The number of hydrogen-bond donors (Lipinski definition) is 2. The van der Waals surface area contributed by atoms with Gasteiger partial charge in [-0.1, -0.05) is 25.1 Å². The first-order chi connectivity index (χ1) is 18.6. The number of anilines is 3. The third-order valence-electron chi connectivity index (χ3n) is 5.99. The number of para-hydroxylation sites is 1. The highest BCUT2D eigenvalue weighted by molar-refractivity contribution is 6.02. The normalized spacial score (nSPS) is 13.1. The maximum Gasteiger partial charge on any atom is 0.227 e. The molecular weight excluding hydrogens is 452 g/mol. The molecule has 0 unspecified atom stereocenters. The van der Waals surface area contributed by atoms with Crippen LogP contribution in [0, 0.1) is 0 Å². The summed E-state index contributed by atoms with van der Waals surface area (Å²) < 4.78 is 27.0. The number of aromatic nitrogens is 5. The maximum absolute atomic E-state index is 12.3. The molecule has 5 aromatic rings. The molecule has 0 fully saturated rings. The van der Waals surface area contributed by atoms with Crippen LogP contribution in [0.3, 0.4) is 0 Å². The van der Waals surface area contributed by atoms with Crippen LogP contribution in [0.5, 0.6) is 0 Å². The van der Waals surface area contributed by atoms with Crippen molar-refractivity contribution in [3.63, 3.8) is 0 Å². The Hall–Kier alpha value is -4.24. The van der Waals surface area contributed by atoms with Gasteiger partial charge < -0.3 is 20.1 Å². The van der Waals surface area contributed by atoms with Crippen LogP contribution in [0.1, 0.15) is 17.5 Å². The minimum absolute atomic E-state index is 0.0993. The van der Waals surface area contributed by atoms with Crippen molar-refractivity contribution < 1.29 is 8.91 Å². The molecule has 0 aliphatic rings. The SMILES string of the molecule is [2H]C([2H])([2H])n1cc(-c2ccnc(Nc3cc(NC(=O)CC)c4c(cnn4CCN(C)C)c3)n2)c2ccccc21. The van der Waals surface area contributed by atoms with Gasteiger partial charge in [-0.05, 0) is 38.4 Å². The third-order valence-corrected chi connectivity index (χ3v) is 5.99. The molecule has 9 heteroatoms. The van der Waals surface area contributed by atoms with Crippen molar-refractivity contribution in [1.29, 1.82) is 0 Å². The molecular formula is C27H30N8O. The summed E-state index contributed by atoms with van der Waals surface area (Å²) in [7, 11) is 4.00. The summed E-state index contributed by atoms with van der Waals surface area (Å²) in [4.78, 5) is 23.5. The van der Waals surface area contributed by atoms with Crippen LogP contribution in [0.25, 0.3) is 33.1 Å². The van der Waals surface area contributed by atoms with Crippen LogP contribution in [0.2, 0.25) is 0 Å². The molecule has 0 bridgehead atoms. The van der Waals surface area contributed by atoms with E-state index < -0.39 is 6.98 Å². The molecule has 1 amide bonds. The molecule has 9 nitrogen and oxygen atoms in total. The minimum atomic E-state index is -2.32. The second kappa shape index (κ2) is 9.79. The van der Waals surface area contributed by atoms with E-state index in [4.69, 9.17) is 9.10 Å². The second-order valence-electron chi connectivity index (χ2n) is 8.85. The molecule has 0 aliphatic heterocycles. The first kappa shape index (κ1) is 20.0. The lowest BCUT2D eigenvalue weighted by molar-refractivity contribution is -0.115.